The second kappa shape index (κ2) is 6.54. The molecule has 6 nitrogen and oxygen atoms in total. The number of H-pyrrole nitrogens is 1. The fourth-order valence-electron chi connectivity index (χ4n) is 2.40. The number of benzene rings is 1. The number of nitrogens with one attached hydrogen (secondary N) is 2. The van der Waals surface area contributed by atoms with Gasteiger partial charge in [0, 0.05) is 17.4 Å². The Morgan fingerprint density at radius 1 is 1.24 bits per heavy atom. The van der Waals surface area contributed by atoms with Gasteiger partial charge < -0.3 is 5.32 Å². The summed E-state index contributed by atoms with van der Waals surface area (Å²) in [4.78, 5) is 13.6. The molecule has 8 heteroatoms. The Kier molecular flexibility index (Phi) is 4.09. The van der Waals surface area contributed by atoms with Crippen molar-refractivity contribution in [2.45, 2.75) is 0 Å². The number of anilines is 1. The Labute approximate surface area is 152 Å². The Morgan fingerprint density at radius 2 is 2.16 bits per heavy atom. The molecule has 0 atom stereocenters. The quantitative estimate of drug-likeness (QED) is 0.565. The molecular weight excluding hydrogens is 358 g/mol. The number of amides is 1. The number of rotatable bonds is 4. The van der Waals surface area contributed by atoms with Crippen molar-refractivity contribution in [3.8, 4) is 16.3 Å². The summed E-state index contributed by atoms with van der Waals surface area (Å²) >= 11 is 7.65. The highest BCUT2D eigenvalue weighted by Gasteiger charge is 2.15. The van der Waals surface area contributed by atoms with Gasteiger partial charge in [0.1, 0.15) is 0 Å². The smallest absolute Gasteiger partial charge is 0.276 e. The lowest BCUT2D eigenvalue weighted by Crippen LogP contribution is -2.14. The van der Waals surface area contributed by atoms with Crippen LogP contribution < -0.4 is 5.32 Å². The molecular formula is C17H12ClN5OS. The van der Waals surface area contributed by atoms with Gasteiger partial charge >= 0.3 is 0 Å². The van der Waals surface area contributed by atoms with Crippen LogP contribution in [0.3, 0.4) is 0 Å². The van der Waals surface area contributed by atoms with Crippen molar-refractivity contribution >= 4 is 34.5 Å². The summed E-state index contributed by atoms with van der Waals surface area (Å²) in [6.07, 6.45) is 3.46. The Balaban J connectivity index is 1.62. The van der Waals surface area contributed by atoms with E-state index in [-0.39, 0.29) is 5.91 Å². The molecule has 2 N–H and O–H groups in total. The first-order valence-electron chi connectivity index (χ1n) is 7.41. The minimum atomic E-state index is -0.324. The van der Waals surface area contributed by atoms with Crippen LogP contribution in [-0.4, -0.2) is 25.9 Å². The van der Waals surface area contributed by atoms with Gasteiger partial charge in [0.25, 0.3) is 5.91 Å². The molecule has 0 aliphatic carbocycles. The molecule has 4 aromatic rings. The summed E-state index contributed by atoms with van der Waals surface area (Å²) in [5.74, 6) is -0.324. The SMILES string of the molecule is O=C(Nc1cc(Cl)ccc1-n1cccn1)c1cc(-c2cccs2)[nH]n1. The van der Waals surface area contributed by atoms with Crippen molar-refractivity contribution in [3.63, 3.8) is 0 Å². The number of carbonyl (C=O) groups excluding carboxylic acids is 1. The molecule has 0 saturated heterocycles. The predicted octanol–water partition coefficient (Wildman–Crippen LogP) is 4.23. The average molecular weight is 370 g/mol. The summed E-state index contributed by atoms with van der Waals surface area (Å²) in [6, 6.07) is 12.7. The Morgan fingerprint density at radius 3 is 2.92 bits per heavy atom. The monoisotopic (exact) mass is 369 g/mol. The number of aromatic amines is 1. The lowest BCUT2D eigenvalue weighted by Gasteiger charge is -2.10. The van der Waals surface area contributed by atoms with E-state index in [1.54, 1.807) is 58.7 Å². The van der Waals surface area contributed by atoms with E-state index < -0.39 is 0 Å². The maximum absolute atomic E-state index is 12.6. The zero-order valence-electron chi connectivity index (χ0n) is 12.8. The van der Waals surface area contributed by atoms with Crippen LogP contribution in [0.1, 0.15) is 10.5 Å². The van der Waals surface area contributed by atoms with Crippen LogP contribution in [0.2, 0.25) is 5.02 Å². The largest absolute Gasteiger partial charge is 0.319 e. The highest BCUT2D eigenvalue weighted by molar-refractivity contribution is 7.13. The summed E-state index contributed by atoms with van der Waals surface area (Å²) in [5, 5.41) is 16.5. The van der Waals surface area contributed by atoms with Crippen LogP contribution in [0.25, 0.3) is 16.3 Å². The first-order chi connectivity index (χ1) is 12.2. The molecule has 0 aliphatic rings. The van der Waals surface area contributed by atoms with Crippen molar-refractivity contribution in [2.24, 2.45) is 0 Å². The van der Waals surface area contributed by atoms with Crippen molar-refractivity contribution < 1.29 is 4.79 Å². The molecule has 3 aromatic heterocycles. The molecule has 0 radical (unpaired) electrons. The van der Waals surface area contributed by atoms with Crippen molar-refractivity contribution in [1.29, 1.82) is 0 Å². The zero-order chi connectivity index (χ0) is 17.2. The minimum Gasteiger partial charge on any atom is -0.319 e. The molecule has 0 unspecified atom stereocenters. The molecule has 1 amide bonds. The fraction of sp³-hybridized carbons (Fsp3) is 0. The molecule has 0 aliphatic heterocycles. The highest BCUT2D eigenvalue weighted by atomic mass is 35.5. The van der Waals surface area contributed by atoms with Gasteiger partial charge in [0.15, 0.2) is 5.69 Å². The van der Waals surface area contributed by atoms with E-state index in [1.165, 1.54) is 0 Å². The maximum Gasteiger partial charge on any atom is 0.276 e. The number of thiophene rings is 1. The van der Waals surface area contributed by atoms with Crippen molar-refractivity contribution in [3.05, 3.63) is 71.0 Å². The standard InChI is InChI=1S/C17H12ClN5OS/c18-11-4-5-15(23-7-2-6-19-23)12(9-11)20-17(24)14-10-13(21-22-14)16-3-1-8-25-16/h1-10H,(H,20,24)(H,21,22). The summed E-state index contributed by atoms with van der Waals surface area (Å²) in [5.41, 5.74) is 2.38. The molecule has 0 saturated carbocycles. The third-order valence-electron chi connectivity index (χ3n) is 3.56. The lowest BCUT2D eigenvalue weighted by molar-refractivity contribution is 0.102. The third-order valence-corrected chi connectivity index (χ3v) is 4.69. The van der Waals surface area contributed by atoms with Gasteiger partial charge in [0.2, 0.25) is 0 Å². The molecule has 0 spiro atoms. The second-order valence-corrected chi connectivity index (χ2v) is 6.59. The summed E-state index contributed by atoms with van der Waals surface area (Å²) in [6.45, 7) is 0. The van der Waals surface area contributed by atoms with E-state index in [2.05, 4.69) is 20.6 Å². The molecule has 124 valence electrons. The van der Waals surface area contributed by atoms with Crippen LogP contribution in [0, 0.1) is 0 Å². The van der Waals surface area contributed by atoms with Crippen LogP contribution in [0.4, 0.5) is 5.69 Å². The summed E-state index contributed by atoms with van der Waals surface area (Å²) < 4.78 is 1.66. The number of carbonyl (C=O) groups is 1. The van der Waals surface area contributed by atoms with E-state index in [9.17, 15) is 4.79 Å². The predicted molar refractivity (Wildman–Crippen MR) is 98.4 cm³/mol. The van der Waals surface area contributed by atoms with E-state index in [4.69, 9.17) is 11.6 Å². The fourth-order valence-corrected chi connectivity index (χ4v) is 3.27. The lowest BCUT2D eigenvalue weighted by atomic mass is 10.2. The maximum atomic E-state index is 12.6. The number of hydrogen-bond donors (Lipinski definition) is 2. The van der Waals surface area contributed by atoms with Gasteiger partial charge in [-0.1, -0.05) is 17.7 Å². The average Bonchev–Trinajstić information content (AvgIpc) is 3.35. The van der Waals surface area contributed by atoms with Gasteiger partial charge in [0.05, 0.1) is 21.9 Å². The first kappa shape index (κ1) is 15.6. The highest BCUT2D eigenvalue weighted by Crippen LogP contribution is 2.26. The van der Waals surface area contributed by atoms with Crippen molar-refractivity contribution in [1.82, 2.24) is 20.0 Å². The Hall–Kier alpha value is -2.90. The van der Waals surface area contributed by atoms with E-state index in [0.29, 0.717) is 16.4 Å². The molecule has 1 aromatic carbocycles. The molecule has 25 heavy (non-hydrogen) atoms. The van der Waals surface area contributed by atoms with Crippen LogP contribution in [0.15, 0.2) is 60.2 Å². The zero-order valence-corrected chi connectivity index (χ0v) is 14.4. The van der Waals surface area contributed by atoms with Crippen molar-refractivity contribution in [2.75, 3.05) is 5.32 Å². The molecule has 3 heterocycles. The normalized spacial score (nSPS) is 10.8. The Bertz CT molecular complexity index is 1010. The van der Waals surface area contributed by atoms with Gasteiger partial charge in [-0.15, -0.1) is 11.3 Å². The van der Waals surface area contributed by atoms with Crippen LogP contribution in [0.5, 0.6) is 0 Å². The van der Waals surface area contributed by atoms with Gasteiger partial charge in [-0.25, -0.2) is 4.68 Å². The number of aromatic nitrogens is 4. The van der Waals surface area contributed by atoms with E-state index in [1.807, 2.05) is 17.5 Å². The topological polar surface area (TPSA) is 75.6 Å². The molecule has 0 bridgehead atoms. The number of halogens is 1. The van der Waals surface area contributed by atoms with E-state index in [0.717, 1.165) is 16.3 Å². The van der Waals surface area contributed by atoms with Crippen LogP contribution in [-0.2, 0) is 0 Å². The molecule has 4 rings (SSSR count). The van der Waals surface area contributed by atoms with E-state index >= 15 is 0 Å². The second-order valence-electron chi connectivity index (χ2n) is 5.21. The van der Waals surface area contributed by atoms with Crippen LogP contribution >= 0.6 is 22.9 Å². The third kappa shape index (κ3) is 3.19. The van der Waals surface area contributed by atoms with Gasteiger partial charge in [-0.05, 0) is 41.8 Å². The summed E-state index contributed by atoms with van der Waals surface area (Å²) in [7, 11) is 0. The van der Waals surface area contributed by atoms with Gasteiger partial charge in [-0.3, -0.25) is 9.89 Å². The molecule has 0 fully saturated rings. The number of nitrogens with zero attached hydrogens (tertiary/aromatic N) is 3. The first-order valence-corrected chi connectivity index (χ1v) is 8.67. The van der Waals surface area contributed by atoms with Gasteiger partial charge in [-0.2, -0.15) is 10.2 Å². The minimum absolute atomic E-state index is 0.301. The number of hydrogen-bond acceptors (Lipinski definition) is 4.